The number of carbonyl (C=O) groups is 1. The first-order chi connectivity index (χ1) is 15.1. The molecule has 8 heteroatoms. The lowest BCUT2D eigenvalue weighted by atomic mass is 9.88. The predicted octanol–water partition coefficient (Wildman–Crippen LogP) is 4.53. The van der Waals surface area contributed by atoms with Crippen LogP contribution in [0.4, 0.5) is 4.79 Å². The Morgan fingerprint density at radius 3 is 2.53 bits per heavy atom. The molecule has 1 aromatic carbocycles. The summed E-state index contributed by atoms with van der Waals surface area (Å²) >= 11 is 0. The van der Waals surface area contributed by atoms with Gasteiger partial charge in [0.25, 0.3) is 0 Å². The molecule has 7 nitrogen and oxygen atoms in total. The van der Waals surface area contributed by atoms with Gasteiger partial charge in [0.1, 0.15) is 12.7 Å². The van der Waals surface area contributed by atoms with Crippen LogP contribution in [0.25, 0.3) is 0 Å². The summed E-state index contributed by atoms with van der Waals surface area (Å²) in [7, 11) is -1.90. The monoisotopic (exact) mass is 467 g/mol. The first kappa shape index (κ1) is 25.0. The fourth-order valence-electron chi connectivity index (χ4n) is 4.84. The summed E-state index contributed by atoms with van der Waals surface area (Å²) in [6.45, 7) is 8.45. The summed E-state index contributed by atoms with van der Waals surface area (Å²) in [6, 6.07) is 6.86. The molecule has 6 atom stereocenters. The van der Waals surface area contributed by atoms with Gasteiger partial charge in [-0.15, -0.1) is 0 Å². The summed E-state index contributed by atoms with van der Waals surface area (Å²) in [5.41, 5.74) is 1.03. The molecular formula is C24H37NO6S. The zero-order valence-electron chi connectivity index (χ0n) is 19.8. The third-order valence-electron chi connectivity index (χ3n) is 6.87. The third-order valence-corrected chi connectivity index (χ3v) is 8.80. The van der Waals surface area contributed by atoms with Crippen molar-refractivity contribution < 1.29 is 27.4 Å². The largest absolute Gasteiger partial charge is 0.508 e. The lowest BCUT2D eigenvalue weighted by Gasteiger charge is -2.35. The minimum atomic E-state index is -3.57. The number of sulfonamides is 1. The van der Waals surface area contributed by atoms with Gasteiger partial charge in [-0.25, -0.2) is 13.2 Å². The van der Waals surface area contributed by atoms with Crippen LogP contribution in [-0.2, 0) is 24.2 Å². The Hall–Kier alpha value is -1.64. The van der Waals surface area contributed by atoms with Crippen molar-refractivity contribution in [3.05, 3.63) is 29.8 Å². The van der Waals surface area contributed by atoms with Gasteiger partial charge in [0.05, 0.1) is 17.1 Å². The first-order valence-corrected chi connectivity index (χ1v) is 13.1. The Morgan fingerprint density at radius 1 is 1.19 bits per heavy atom. The number of nitrogens with zero attached hydrogens (tertiary/aromatic N) is 1. The van der Waals surface area contributed by atoms with Crippen LogP contribution in [0.1, 0.15) is 58.4 Å². The zero-order valence-corrected chi connectivity index (χ0v) is 20.6. The molecule has 32 heavy (non-hydrogen) atoms. The summed E-state index contributed by atoms with van der Waals surface area (Å²) in [5, 5.41) is 0. The highest BCUT2D eigenvalue weighted by molar-refractivity contribution is 7.89. The average molecular weight is 468 g/mol. The fourth-order valence-corrected chi connectivity index (χ4v) is 6.24. The summed E-state index contributed by atoms with van der Waals surface area (Å²) < 4.78 is 44.7. The molecule has 0 unspecified atom stereocenters. The maximum absolute atomic E-state index is 13.2. The highest BCUT2D eigenvalue weighted by Crippen LogP contribution is 2.35. The molecule has 0 N–H and O–H groups in total. The Bertz CT molecular complexity index is 871. The van der Waals surface area contributed by atoms with Gasteiger partial charge in [0.15, 0.2) is 0 Å². The summed E-state index contributed by atoms with van der Waals surface area (Å²) in [6.07, 6.45) is 3.20. The number of cyclic esters (lactones) is 2. The van der Waals surface area contributed by atoms with Crippen LogP contribution in [0.2, 0.25) is 0 Å². The van der Waals surface area contributed by atoms with Crippen LogP contribution in [-0.4, -0.2) is 56.9 Å². The molecule has 0 bridgehead atoms. The number of rotatable bonds is 9. The van der Waals surface area contributed by atoms with Crippen LogP contribution in [0.5, 0.6) is 0 Å². The normalized spacial score (nSPS) is 28.2. The fraction of sp³-hybridized carbons (Fsp3) is 0.708. The minimum Gasteiger partial charge on any atom is -0.434 e. The van der Waals surface area contributed by atoms with Gasteiger partial charge >= 0.3 is 6.16 Å². The quantitative estimate of drug-likeness (QED) is 0.496. The second-order valence-electron chi connectivity index (χ2n) is 9.37. The van der Waals surface area contributed by atoms with Crippen molar-refractivity contribution in [3.8, 4) is 0 Å². The standard InChI is InChI=1S/C24H37NO6S/c1-6-7-19(25(5)32(27,28)21-11-8-16(2)9-12-21)14-20-10-13-22(30-20)18(4)23-17(3)15-29-24(26)31-23/h8-9,11-12,17-20,22-23H,6-7,10,13-15H2,1-5H3/t17-,18+,19+,20-,22+,23-/m0/s1. The van der Waals surface area contributed by atoms with E-state index in [1.807, 2.05) is 26.0 Å². The van der Waals surface area contributed by atoms with Crippen LogP contribution in [0.3, 0.4) is 0 Å². The topological polar surface area (TPSA) is 82.1 Å². The molecule has 0 spiro atoms. The van der Waals surface area contributed by atoms with Crippen LogP contribution in [0.15, 0.2) is 29.2 Å². The second kappa shape index (κ2) is 10.5. The Morgan fingerprint density at radius 2 is 1.88 bits per heavy atom. The van der Waals surface area contributed by atoms with Crippen molar-refractivity contribution in [2.45, 2.75) is 89.0 Å². The van der Waals surface area contributed by atoms with E-state index in [1.54, 1.807) is 19.2 Å². The molecule has 2 fully saturated rings. The van der Waals surface area contributed by atoms with E-state index in [-0.39, 0.29) is 36.2 Å². The van der Waals surface area contributed by atoms with E-state index in [9.17, 15) is 13.2 Å². The molecule has 0 amide bonds. The van der Waals surface area contributed by atoms with Crippen LogP contribution >= 0.6 is 0 Å². The lowest BCUT2D eigenvalue weighted by Crippen LogP contribution is -2.43. The SMILES string of the molecule is CCC[C@H](C[C@@H]1CC[C@H]([C@@H](C)[C@H]2OC(=O)OC[C@@H]2C)O1)N(C)S(=O)(=O)c1ccc(C)cc1. The highest BCUT2D eigenvalue weighted by Gasteiger charge is 2.41. The smallest absolute Gasteiger partial charge is 0.434 e. The number of ether oxygens (including phenoxy) is 3. The minimum absolute atomic E-state index is 0.0134. The maximum atomic E-state index is 13.2. The van der Waals surface area contributed by atoms with E-state index in [4.69, 9.17) is 14.2 Å². The van der Waals surface area contributed by atoms with Gasteiger partial charge in [-0.1, -0.05) is 44.9 Å². The predicted molar refractivity (Wildman–Crippen MR) is 122 cm³/mol. The molecule has 1 aromatic rings. The Kier molecular flexibility index (Phi) is 8.22. The molecule has 0 aliphatic carbocycles. The Labute approximate surface area is 192 Å². The van der Waals surface area contributed by atoms with Crippen molar-refractivity contribution >= 4 is 16.2 Å². The van der Waals surface area contributed by atoms with E-state index >= 15 is 0 Å². The van der Waals surface area contributed by atoms with E-state index in [1.165, 1.54) is 4.31 Å². The molecule has 2 aliphatic rings. The Balaban J connectivity index is 1.65. The van der Waals surface area contributed by atoms with Crippen molar-refractivity contribution in [1.82, 2.24) is 4.31 Å². The molecule has 2 aliphatic heterocycles. The van der Waals surface area contributed by atoms with E-state index < -0.39 is 16.2 Å². The molecule has 2 heterocycles. The van der Waals surface area contributed by atoms with E-state index in [2.05, 4.69) is 13.8 Å². The van der Waals surface area contributed by atoms with Crippen molar-refractivity contribution in [1.29, 1.82) is 0 Å². The van der Waals surface area contributed by atoms with Gasteiger partial charge in [0, 0.05) is 24.9 Å². The summed E-state index contributed by atoms with van der Waals surface area (Å²) in [5.74, 6) is 0.172. The van der Waals surface area contributed by atoms with Crippen molar-refractivity contribution in [3.63, 3.8) is 0 Å². The lowest BCUT2D eigenvalue weighted by molar-refractivity contribution is -0.104. The van der Waals surface area contributed by atoms with Gasteiger partial charge < -0.3 is 14.2 Å². The number of hydrogen-bond acceptors (Lipinski definition) is 6. The first-order valence-electron chi connectivity index (χ1n) is 11.7. The molecule has 0 aromatic heterocycles. The number of hydrogen-bond donors (Lipinski definition) is 0. The molecular weight excluding hydrogens is 430 g/mol. The van der Waals surface area contributed by atoms with Gasteiger partial charge in [-0.2, -0.15) is 4.31 Å². The van der Waals surface area contributed by atoms with Crippen molar-refractivity contribution in [2.75, 3.05) is 13.7 Å². The molecule has 0 saturated carbocycles. The van der Waals surface area contributed by atoms with Gasteiger partial charge in [-0.05, 0) is 44.7 Å². The van der Waals surface area contributed by atoms with Crippen LogP contribution < -0.4 is 0 Å². The maximum Gasteiger partial charge on any atom is 0.508 e. The molecule has 0 radical (unpaired) electrons. The van der Waals surface area contributed by atoms with Gasteiger partial charge in [0.2, 0.25) is 10.0 Å². The van der Waals surface area contributed by atoms with Gasteiger partial charge in [-0.3, -0.25) is 0 Å². The van der Waals surface area contributed by atoms with E-state index in [0.717, 1.165) is 31.2 Å². The molecule has 2 saturated heterocycles. The average Bonchev–Trinajstić information content (AvgIpc) is 3.23. The second-order valence-corrected chi connectivity index (χ2v) is 11.4. The summed E-state index contributed by atoms with van der Waals surface area (Å²) in [4.78, 5) is 11.9. The van der Waals surface area contributed by atoms with Crippen molar-refractivity contribution in [2.24, 2.45) is 11.8 Å². The number of aryl methyl sites for hydroxylation is 1. The number of carbonyl (C=O) groups excluding carboxylic acids is 1. The molecule has 3 rings (SSSR count). The number of benzene rings is 1. The third kappa shape index (κ3) is 5.64. The van der Waals surface area contributed by atoms with E-state index in [0.29, 0.717) is 17.9 Å². The van der Waals surface area contributed by atoms with Crippen LogP contribution in [0, 0.1) is 18.8 Å². The molecule has 180 valence electrons. The highest BCUT2D eigenvalue weighted by atomic mass is 32.2. The zero-order chi connectivity index (χ0) is 23.5.